The second-order valence-electron chi connectivity index (χ2n) is 5.51. The van der Waals surface area contributed by atoms with Gasteiger partial charge in [0.1, 0.15) is 11.3 Å². The van der Waals surface area contributed by atoms with Gasteiger partial charge in [-0.25, -0.2) is 4.79 Å². The molecule has 0 radical (unpaired) electrons. The third-order valence-corrected chi connectivity index (χ3v) is 3.81. The predicted molar refractivity (Wildman–Crippen MR) is 94.7 cm³/mol. The minimum Gasteiger partial charge on any atom is -0.423 e. The molecule has 5 heteroatoms. The molecule has 0 heterocycles. The van der Waals surface area contributed by atoms with E-state index in [-0.39, 0.29) is 11.3 Å². The molecule has 0 N–H and O–H groups in total. The van der Waals surface area contributed by atoms with Gasteiger partial charge in [-0.3, -0.25) is 10.1 Å². The fraction of sp³-hybridized carbons (Fsp3) is 0.0500. The second-order valence-corrected chi connectivity index (χ2v) is 5.51. The molecule has 25 heavy (non-hydrogen) atoms. The first-order chi connectivity index (χ1) is 12.1. The van der Waals surface area contributed by atoms with E-state index in [0.717, 1.165) is 11.1 Å². The van der Waals surface area contributed by atoms with Crippen molar-refractivity contribution < 1.29 is 14.5 Å². The monoisotopic (exact) mass is 333 g/mol. The van der Waals surface area contributed by atoms with Gasteiger partial charge in [-0.2, -0.15) is 0 Å². The zero-order valence-electron chi connectivity index (χ0n) is 13.5. The molecule has 0 saturated carbocycles. The standard InChI is InChI=1S/C20H15NO4/c1-14-6-5-9-18(19(14)21(23)24)20(22)25-17-12-10-16(11-13-17)15-7-3-2-4-8-15/h2-13H,1H3. The van der Waals surface area contributed by atoms with Crippen molar-refractivity contribution >= 4 is 11.7 Å². The van der Waals surface area contributed by atoms with Gasteiger partial charge >= 0.3 is 5.97 Å². The Hall–Kier alpha value is -3.47. The molecular weight excluding hydrogens is 318 g/mol. The highest BCUT2D eigenvalue weighted by Crippen LogP contribution is 2.26. The molecule has 0 aliphatic carbocycles. The first-order valence-corrected chi connectivity index (χ1v) is 7.68. The van der Waals surface area contributed by atoms with E-state index in [0.29, 0.717) is 11.3 Å². The average molecular weight is 333 g/mol. The molecule has 0 saturated heterocycles. The minimum atomic E-state index is -0.747. The highest BCUT2D eigenvalue weighted by Gasteiger charge is 2.23. The number of hydrogen-bond acceptors (Lipinski definition) is 4. The Morgan fingerprint density at radius 2 is 1.52 bits per heavy atom. The van der Waals surface area contributed by atoms with Gasteiger partial charge < -0.3 is 4.74 Å². The van der Waals surface area contributed by atoms with E-state index in [1.807, 2.05) is 42.5 Å². The van der Waals surface area contributed by atoms with Crippen LogP contribution in [0.3, 0.4) is 0 Å². The number of carbonyl (C=O) groups excluding carboxylic acids is 1. The van der Waals surface area contributed by atoms with E-state index in [4.69, 9.17) is 4.74 Å². The van der Waals surface area contributed by atoms with E-state index in [2.05, 4.69) is 0 Å². The van der Waals surface area contributed by atoms with Crippen molar-refractivity contribution in [2.75, 3.05) is 0 Å². The summed E-state index contributed by atoms with van der Waals surface area (Å²) in [7, 11) is 0. The number of nitrogens with zero attached hydrogens (tertiary/aromatic N) is 1. The third-order valence-electron chi connectivity index (χ3n) is 3.81. The number of ether oxygens (including phenoxy) is 1. The second kappa shape index (κ2) is 6.97. The summed E-state index contributed by atoms with van der Waals surface area (Å²) in [6.45, 7) is 1.59. The van der Waals surface area contributed by atoms with Gasteiger partial charge in [-0.15, -0.1) is 0 Å². The van der Waals surface area contributed by atoms with Crippen molar-refractivity contribution in [3.05, 3.63) is 94.0 Å². The number of rotatable bonds is 4. The topological polar surface area (TPSA) is 69.4 Å². The summed E-state index contributed by atoms with van der Waals surface area (Å²) in [5.41, 5.74) is 2.17. The number of para-hydroxylation sites is 1. The molecule has 124 valence electrons. The molecule has 3 aromatic rings. The zero-order chi connectivity index (χ0) is 17.8. The fourth-order valence-corrected chi connectivity index (χ4v) is 2.57. The Kier molecular flexibility index (Phi) is 4.57. The van der Waals surface area contributed by atoms with E-state index in [1.54, 1.807) is 31.2 Å². The van der Waals surface area contributed by atoms with Crippen LogP contribution in [0.4, 0.5) is 5.69 Å². The van der Waals surface area contributed by atoms with E-state index in [9.17, 15) is 14.9 Å². The van der Waals surface area contributed by atoms with Crippen LogP contribution in [0.5, 0.6) is 5.75 Å². The summed E-state index contributed by atoms with van der Waals surface area (Å²) in [6, 6.07) is 21.4. The van der Waals surface area contributed by atoms with E-state index < -0.39 is 10.9 Å². The van der Waals surface area contributed by atoms with Crippen molar-refractivity contribution in [3.63, 3.8) is 0 Å². The normalized spacial score (nSPS) is 10.3. The average Bonchev–Trinajstić information content (AvgIpc) is 2.62. The summed E-state index contributed by atoms with van der Waals surface area (Å²) in [5.74, 6) is -0.414. The molecule has 0 amide bonds. The summed E-state index contributed by atoms with van der Waals surface area (Å²) < 4.78 is 5.29. The van der Waals surface area contributed by atoms with Crippen molar-refractivity contribution in [2.24, 2.45) is 0 Å². The summed E-state index contributed by atoms with van der Waals surface area (Å²) in [4.78, 5) is 23.0. The Bertz CT molecular complexity index is 918. The van der Waals surface area contributed by atoms with Crippen molar-refractivity contribution in [1.29, 1.82) is 0 Å². The molecule has 0 fully saturated rings. The Morgan fingerprint density at radius 3 is 2.16 bits per heavy atom. The highest BCUT2D eigenvalue weighted by molar-refractivity contribution is 5.95. The largest absolute Gasteiger partial charge is 0.423 e. The van der Waals surface area contributed by atoms with E-state index in [1.165, 1.54) is 6.07 Å². The van der Waals surface area contributed by atoms with Gasteiger partial charge in [-0.05, 0) is 36.2 Å². The van der Waals surface area contributed by atoms with Crippen LogP contribution in [-0.4, -0.2) is 10.9 Å². The highest BCUT2D eigenvalue weighted by atomic mass is 16.6. The van der Waals surface area contributed by atoms with Crippen molar-refractivity contribution in [1.82, 2.24) is 0 Å². The Morgan fingerprint density at radius 1 is 0.880 bits per heavy atom. The van der Waals surface area contributed by atoms with Gasteiger partial charge in [0, 0.05) is 5.56 Å². The summed E-state index contributed by atoms with van der Waals surface area (Å²) in [5, 5.41) is 11.2. The lowest BCUT2D eigenvalue weighted by Gasteiger charge is -2.07. The lowest BCUT2D eigenvalue weighted by atomic mass is 10.1. The Labute approximate surface area is 144 Å². The number of carbonyl (C=O) groups is 1. The third kappa shape index (κ3) is 3.55. The number of benzene rings is 3. The maximum atomic E-state index is 12.3. The SMILES string of the molecule is Cc1cccc(C(=O)Oc2ccc(-c3ccccc3)cc2)c1[N+](=O)[O-]. The van der Waals surface area contributed by atoms with Gasteiger partial charge in [0.15, 0.2) is 0 Å². The summed E-state index contributed by atoms with van der Waals surface area (Å²) in [6.07, 6.45) is 0. The number of aryl methyl sites for hydroxylation is 1. The number of hydrogen-bond donors (Lipinski definition) is 0. The maximum Gasteiger partial charge on any atom is 0.350 e. The quantitative estimate of drug-likeness (QED) is 0.298. The van der Waals surface area contributed by atoms with Crippen molar-refractivity contribution in [3.8, 4) is 16.9 Å². The van der Waals surface area contributed by atoms with Crippen LogP contribution in [0.2, 0.25) is 0 Å². The van der Waals surface area contributed by atoms with Gasteiger partial charge in [0.25, 0.3) is 5.69 Å². The van der Waals surface area contributed by atoms with Crippen LogP contribution in [0, 0.1) is 17.0 Å². The maximum absolute atomic E-state index is 12.3. The smallest absolute Gasteiger partial charge is 0.350 e. The molecule has 3 aromatic carbocycles. The van der Waals surface area contributed by atoms with Crippen LogP contribution in [0.15, 0.2) is 72.8 Å². The van der Waals surface area contributed by atoms with Crippen LogP contribution in [0.1, 0.15) is 15.9 Å². The fourth-order valence-electron chi connectivity index (χ4n) is 2.57. The first kappa shape index (κ1) is 16.4. The number of nitro groups is 1. The Balaban J connectivity index is 1.83. The number of nitro benzene ring substituents is 1. The van der Waals surface area contributed by atoms with Gasteiger partial charge in [0.05, 0.1) is 4.92 Å². The minimum absolute atomic E-state index is 0.0582. The van der Waals surface area contributed by atoms with Gasteiger partial charge in [0.2, 0.25) is 0 Å². The first-order valence-electron chi connectivity index (χ1n) is 7.68. The molecule has 0 atom stereocenters. The summed E-state index contributed by atoms with van der Waals surface area (Å²) >= 11 is 0. The molecule has 0 aromatic heterocycles. The molecule has 0 unspecified atom stereocenters. The molecular formula is C20H15NO4. The van der Waals surface area contributed by atoms with E-state index >= 15 is 0 Å². The van der Waals surface area contributed by atoms with Crippen LogP contribution >= 0.6 is 0 Å². The predicted octanol–water partition coefficient (Wildman–Crippen LogP) is 4.79. The van der Waals surface area contributed by atoms with Crippen LogP contribution in [0.25, 0.3) is 11.1 Å². The molecule has 0 bridgehead atoms. The number of esters is 1. The molecule has 3 rings (SSSR count). The molecule has 0 spiro atoms. The molecule has 0 aliphatic heterocycles. The zero-order valence-corrected chi connectivity index (χ0v) is 13.5. The molecule has 5 nitrogen and oxygen atoms in total. The van der Waals surface area contributed by atoms with Crippen LogP contribution < -0.4 is 4.74 Å². The lowest BCUT2D eigenvalue weighted by Crippen LogP contribution is -2.11. The lowest BCUT2D eigenvalue weighted by molar-refractivity contribution is -0.385. The van der Waals surface area contributed by atoms with Crippen LogP contribution in [-0.2, 0) is 0 Å². The van der Waals surface area contributed by atoms with Gasteiger partial charge in [-0.1, -0.05) is 54.6 Å². The van der Waals surface area contributed by atoms with Crippen molar-refractivity contribution in [2.45, 2.75) is 6.92 Å². The molecule has 0 aliphatic rings.